The van der Waals surface area contributed by atoms with E-state index >= 15 is 0 Å². The maximum absolute atomic E-state index is 5.66. The molecule has 4 heteroatoms. The van der Waals surface area contributed by atoms with E-state index < -0.39 is 0 Å². The Kier molecular flexibility index (Phi) is 5.26. The maximum Gasteiger partial charge on any atom is 0.0923 e. The first-order valence-corrected chi connectivity index (χ1v) is 7.48. The van der Waals surface area contributed by atoms with Crippen molar-refractivity contribution in [3.8, 4) is 11.3 Å². The van der Waals surface area contributed by atoms with Crippen molar-refractivity contribution in [3.63, 3.8) is 0 Å². The lowest BCUT2D eigenvalue weighted by atomic mass is 10.1. The standard InChI is InChI=1S/C14H16BrClN2/c15-12-7-5-11(6-8-12)14-10-13(17-18-14)4-2-1-3-9-16/h5-8,10H,1-4,9H2,(H,17,18). The smallest absolute Gasteiger partial charge is 0.0923 e. The van der Waals surface area contributed by atoms with Crippen LogP contribution in [0.3, 0.4) is 0 Å². The fourth-order valence-corrected chi connectivity index (χ4v) is 2.30. The van der Waals surface area contributed by atoms with Crippen LogP contribution in [0.5, 0.6) is 0 Å². The van der Waals surface area contributed by atoms with Crippen LogP contribution in [-0.2, 0) is 6.42 Å². The van der Waals surface area contributed by atoms with E-state index in [1.54, 1.807) is 0 Å². The van der Waals surface area contributed by atoms with E-state index in [0.717, 1.165) is 40.9 Å². The van der Waals surface area contributed by atoms with E-state index in [2.05, 4.69) is 44.3 Å². The predicted octanol–water partition coefficient (Wildman–Crippen LogP) is 4.79. The summed E-state index contributed by atoms with van der Waals surface area (Å²) >= 11 is 9.09. The lowest BCUT2D eigenvalue weighted by molar-refractivity contribution is 0.708. The van der Waals surface area contributed by atoms with Crippen LogP contribution < -0.4 is 0 Å². The van der Waals surface area contributed by atoms with Gasteiger partial charge in [-0.15, -0.1) is 11.6 Å². The Labute approximate surface area is 121 Å². The van der Waals surface area contributed by atoms with Gasteiger partial charge in [-0.05, 0) is 37.5 Å². The number of aromatic amines is 1. The zero-order chi connectivity index (χ0) is 12.8. The van der Waals surface area contributed by atoms with Crippen molar-refractivity contribution in [2.45, 2.75) is 25.7 Å². The third-order valence-corrected chi connectivity index (χ3v) is 3.65. The number of aromatic nitrogens is 2. The summed E-state index contributed by atoms with van der Waals surface area (Å²) in [5, 5.41) is 7.45. The number of nitrogens with zero attached hydrogens (tertiary/aromatic N) is 1. The minimum Gasteiger partial charge on any atom is -0.282 e. The molecule has 2 nitrogen and oxygen atoms in total. The number of rotatable bonds is 6. The van der Waals surface area contributed by atoms with Gasteiger partial charge < -0.3 is 0 Å². The summed E-state index contributed by atoms with van der Waals surface area (Å²) in [4.78, 5) is 0. The second-order valence-electron chi connectivity index (χ2n) is 4.28. The SMILES string of the molecule is ClCCCCCc1cc(-c2ccc(Br)cc2)n[nH]1. The third kappa shape index (κ3) is 3.85. The molecule has 1 aromatic heterocycles. The molecule has 0 radical (unpaired) electrons. The van der Waals surface area contributed by atoms with Crippen molar-refractivity contribution in [1.29, 1.82) is 0 Å². The molecule has 0 atom stereocenters. The van der Waals surface area contributed by atoms with Gasteiger partial charge in [0.2, 0.25) is 0 Å². The largest absolute Gasteiger partial charge is 0.282 e. The van der Waals surface area contributed by atoms with E-state index in [1.165, 1.54) is 12.1 Å². The van der Waals surface area contributed by atoms with E-state index in [4.69, 9.17) is 11.6 Å². The van der Waals surface area contributed by atoms with Gasteiger partial charge in [0.15, 0.2) is 0 Å². The predicted molar refractivity (Wildman–Crippen MR) is 80.0 cm³/mol. The monoisotopic (exact) mass is 326 g/mol. The molecular formula is C14H16BrClN2. The molecule has 1 N–H and O–H groups in total. The van der Waals surface area contributed by atoms with Crippen LogP contribution in [-0.4, -0.2) is 16.1 Å². The second kappa shape index (κ2) is 6.95. The number of hydrogen-bond acceptors (Lipinski definition) is 1. The summed E-state index contributed by atoms with van der Waals surface area (Å²) in [6.45, 7) is 0. The summed E-state index contributed by atoms with van der Waals surface area (Å²) in [5.74, 6) is 0.757. The van der Waals surface area contributed by atoms with Crippen LogP contribution >= 0.6 is 27.5 Å². The number of aryl methyl sites for hydroxylation is 1. The normalized spacial score (nSPS) is 10.8. The molecule has 0 unspecified atom stereocenters. The van der Waals surface area contributed by atoms with Crippen molar-refractivity contribution in [2.24, 2.45) is 0 Å². The van der Waals surface area contributed by atoms with E-state index in [0.29, 0.717) is 0 Å². The van der Waals surface area contributed by atoms with Crippen LogP contribution in [0.1, 0.15) is 25.0 Å². The molecule has 18 heavy (non-hydrogen) atoms. The Morgan fingerprint density at radius 2 is 1.89 bits per heavy atom. The molecule has 0 aliphatic rings. The first kappa shape index (κ1) is 13.6. The van der Waals surface area contributed by atoms with Crippen LogP contribution in [0.2, 0.25) is 0 Å². The Morgan fingerprint density at radius 3 is 2.61 bits per heavy atom. The van der Waals surface area contributed by atoms with Gasteiger partial charge in [0.1, 0.15) is 0 Å². The highest BCUT2D eigenvalue weighted by Gasteiger charge is 2.03. The van der Waals surface area contributed by atoms with Crippen LogP contribution in [0.25, 0.3) is 11.3 Å². The highest BCUT2D eigenvalue weighted by atomic mass is 79.9. The Balaban J connectivity index is 1.95. The minimum absolute atomic E-state index is 0.757. The topological polar surface area (TPSA) is 28.7 Å². The highest BCUT2D eigenvalue weighted by molar-refractivity contribution is 9.10. The van der Waals surface area contributed by atoms with Gasteiger partial charge in [-0.1, -0.05) is 34.5 Å². The van der Waals surface area contributed by atoms with Crippen molar-refractivity contribution >= 4 is 27.5 Å². The van der Waals surface area contributed by atoms with E-state index in [9.17, 15) is 0 Å². The second-order valence-corrected chi connectivity index (χ2v) is 5.58. The molecule has 96 valence electrons. The molecule has 2 rings (SSSR count). The quantitative estimate of drug-likeness (QED) is 0.599. The average molecular weight is 328 g/mol. The molecule has 0 saturated carbocycles. The molecular weight excluding hydrogens is 312 g/mol. The Morgan fingerprint density at radius 1 is 1.11 bits per heavy atom. The summed E-state index contributed by atoms with van der Waals surface area (Å²) in [7, 11) is 0. The summed E-state index contributed by atoms with van der Waals surface area (Å²) < 4.78 is 1.09. The summed E-state index contributed by atoms with van der Waals surface area (Å²) in [6.07, 6.45) is 4.47. The molecule has 1 heterocycles. The van der Waals surface area contributed by atoms with Crippen molar-refractivity contribution in [2.75, 3.05) is 5.88 Å². The fourth-order valence-electron chi connectivity index (χ4n) is 1.84. The molecule has 2 aromatic rings. The molecule has 0 aliphatic carbocycles. The number of alkyl halides is 1. The third-order valence-electron chi connectivity index (χ3n) is 2.85. The molecule has 0 spiro atoms. The average Bonchev–Trinajstić information content (AvgIpc) is 2.84. The van der Waals surface area contributed by atoms with Crippen LogP contribution in [0.15, 0.2) is 34.8 Å². The zero-order valence-corrected chi connectivity index (χ0v) is 12.5. The number of H-pyrrole nitrogens is 1. The van der Waals surface area contributed by atoms with Gasteiger partial charge in [-0.3, -0.25) is 5.10 Å². The minimum atomic E-state index is 0.757. The number of nitrogens with one attached hydrogen (secondary N) is 1. The van der Waals surface area contributed by atoms with Gasteiger partial charge in [0.05, 0.1) is 5.69 Å². The van der Waals surface area contributed by atoms with Gasteiger partial charge in [0.25, 0.3) is 0 Å². The van der Waals surface area contributed by atoms with E-state index in [-0.39, 0.29) is 0 Å². The maximum atomic E-state index is 5.66. The van der Waals surface area contributed by atoms with Crippen molar-refractivity contribution in [1.82, 2.24) is 10.2 Å². The van der Waals surface area contributed by atoms with Gasteiger partial charge in [-0.2, -0.15) is 5.10 Å². The first-order chi connectivity index (χ1) is 8.79. The first-order valence-electron chi connectivity index (χ1n) is 6.16. The highest BCUT2D eigenvalue weighted by Crippen LogP contribution is 2.21. The van der Waals surface area contributed by atoms with Crippen molar-refractivity contribution in [3.05, 3.63) is 40.5 Å². The zero-order valence-electron chi connectivity index (χ0n) is 10.1. The number of unbranched alkanes of at least 4 members (excludes halogenated alkanes) is 2. The fraction of sp³-hybridized carbons (Fsp3) is 0.357. The van der Waals surface area contributed by atoms with Crippen LogP contribution in [0, 0.1) is 0 Å². The lowest BCUT2D eigenvalue weighted by Crippen LogP contribution is -1.86. The van der Waals surface area contributed by atoms with Gasteiger partial charge >= 0.3 is 0 Å². The Hall–Kier alpha value is -0.800. The number of halogens is 2. The molecule has 0 fully saturated rings. The Bertz CT molecular complexity index is 479. The molecule has 0 saturated heterocycles. The van der Waals surface area contributed by atoms with Gasteiger partial charge in [-0.25, -0.2) is 0 Å². The lowest BCUT2D eigenvalue weighted by Gasteiger charge is -1.96. The molecule has 0 aliphatic heterocycles. The number of hydrogen-bond donors (Lipinski definition) is 1. The van der Waals surface area contributed by atoms with E-state index in [1.807, 2.05) is 12.1 Å². The van der Waals surface area contributed by atoms with Crippen LogP contribution in [0.4, 0.5) is 0 Å². The molecule has 0 bridgehead atoms. The van der Waals surface area contributed by atoms with Crippen molar-refractivity contribution < 1.29 is 0 Å². The summed E-state index contributed by atoms with van der Waals surface area (Å²) in [5.41, 5.74) is 3.35. The molecule has 0 amide bonds. The molecule has 1 aromatic carbocycles. The van der Waals surface area contributed by atoms with Gasteiger partial charge in [0, 0.05) is 21.6 Å². The number of benzene rings is 1. The summed E-state index contributed by atoms with van der Waals surface area (Å²) in [6, 6.07) is 10.3.